The molecule has 0 saturated carbocycles. The summed E-state index contributed by atoms with van der Waals surface area (Å²) in [5, 5.41) is 4.37. The van der Waals surface area contributed by atoms with Gasteiger partial charge < -0.3 is 14.5 Å². The van der Waals surface area contributed by atoms with E-state index in [9.17, 15) is 14.0 Å². The Kier molecular flexibility index (Phi) is 4.03. The quantitative estimate of drug-likeness (QED) is 0.608. The number of hydrogen-bond donors (Lipinski definition) is 1. The van der Waals surface area contributed by atoms with Crippen molar-refractivity contribution in [2.45, 2.75) is 6.54 Å². The predicted octanol–water partition coefficient (Wildman–Crippen LogP) is 3.10. The van der Waals surface area contributed by atoms with Crippen LogP contribution in [0.4, 0.5) is 4.39 Å². The van der Waals surface area contributed by atoms with Crippen molar-refractivity contribution in [1.29, 1.82) is 0 Å². The van der Waals surface area contributed by atoms with Crippen LogP contribution < -0.4 is 10.9 Å². The summed E-state index contributed by atoms with van der Waals surface area (Å²) in [5.41, 5.74) is 2.46. The van der Waals surface area contributed by atoms with Crippen LogP contribution >= 0.6 is 0 Å². The molecule has 2 aromatic carbocycles. The predicted molar refractivity (Wildman–Crippen MR) is 103 cm³/mol. The first-order valence-electron chi connectivity index (χ1n) is 8.57. The number of carbonyl (C=O) groups is 1. The Labute approximate surface area is 154 Å². The summed E-state index contributed by atoms with van der Waals surface area (Å²) >= 11 is 0. The summed E-state index contributed by atoms with van der Waals surface area (Å²) in [6, 6.07) is 13.6. The van der Waals surface area contributed by atoms with Gasteiger partial charge in [-0.2, -0.15) is 0 Å². The normalized spacial score (nSPS) is 11.2. The fourth-order valence-corrected chi connectivity index (χ4v) is 3.45. The van der Waals surface area contributed by atoms with Crippen LogP contribution in [0.2, 0.25) is 0 Å². The van der Waals surface area contributed by atoms with Gasteiger partial charge in [0.1, 0.15) is 11.3 Å². The molecule has 1 amide bonds. The maximum Gasteiger partial charge on any atom is 0.274 e. The summed E-state index contributed by atoms with van der Waals surface area (Å²) < 4.78 is 16.3. The van der Waals surface area contributed by atoms with E-state index in [4.69, 9.17) is 0 Å². The molecule has 0 spiro atoms. The molecule has 0 bridgehead atoms. The van der Waals surface area contributed by atoms with Crippen LogP contribution in [-0.2, 0) is 20.6 Å². The smallest absolute Gasteiger partial charge is 0.274 e. The minimum Gasteiger partial charge on any atom is -0.348 e. The molecule has 5 nitrogen and oxygen atoms in total. The second-order valence-corrected chi connectivity index (χ2v) is 6.57. The van der Waals surface area contributed by atoms with E-state index < -0.39 is 0 Å². The SMILES string of the molecule is Cn1cc(C(=O)NCc2ccc(F)cc2)c2c3ccccc3n(C)c2c1=O. The fourth-order valence-electron chi connectivity index (χ4n) is 3.45. The van der Waals surface area contributed by atoms with Crippen LogP contribution in [0.3, 0.4) is 0 Å². The molecule has 0 saturated heterocycles. The van der Waals surface area contributed by atoms with E-state index in [0.29, 0.717) is 16.5 Å². The first kappa shape index (κ1) is 17.0. The van der Waals surface area contributed by atoms with Gasteiger partial charge in [-0.3, -0.25) is 9.59 Å². The zero-order valence-electron chi connectivity index (χ0n) is 15.0. The van der Waals surface area contributed by atoms with Gasteiger partial charge >= 0.3 is 0 Å². The van der Waals surface area contributed by atoms with Crippen LogP contribution in [0, 0.1) is 5.82 Å². The maximum absolute atomic E-state index is 13.0. The summed E-state index contributed by atoms with van der Waals surface area (Å²) in [4.78, 5) is 25.6. The number of para-hydroxylation sites is 1. The second kappa shape index (κ2) is 6.39. The highest BCUT2D eigenvalue weighted by Crippen LogP contribution is 2.28. The maximum atomic E-state index is 13.0. The first-order chi connectivity index (χ1) is 13.0. The molecule has 4 rings (SSSR count). The van der Waals surface area contributed by atoms with Crippen molar-refractivity contribution < 1.29 is 9.18 Å². The zero-order chi connectivity index (χ0) is 19.1. The highest BCUT2D eigenvalue weighted by Gasteiger charge is 2.20. The third-order valence-corrected chi connectivity index (χ3v) is 4.83. The molecule has 0 radical (unpaired) electrons. The van der Waals surface area contributed by atoms with Crippen molar-refractivity contribution in [2.24, 2.45) is 14.1 Å². The number of amides is 1. The van der Waals surface area contributed by atoms with Crippen molar-refractivity contribution in [1.82, 2.24) is 14.5 Å². The molecule has 2 aromatic heterocycles. The van der Waals surface area contributed by atoms with Crippen molar-refractivity contribution in [3.63, 3.8) is 0 Å². The Morgan fingerprint density at radius 2 is 1.78 bits per heavy atom. The number of hydrogen-bond acceptors (Lipinski definition) is 2. The molecule has 0 aliphatic rings. The number of pyridine rings is 1. The van der Waals surface area contributed by atoms with E-state index in [-0.39, 0.29) is 23.8 Å². The van der Waals surface area contributed by atoms with E-state index in [1.54, 1.807) is 25.4 Å². The lowest BCUT2D eigenvalue weighted by Crippen LogP contribution is -2.26. The number of nitrogens with one attached hydrogen (secondary N) is 1. The second-order valence-electron chi connectivity index (χ2n) is 6.57. The lowest BCUT2D eigenvalue weighted by molar-refractivity contribution is 0.0952. The average molecular weight is 363 g/mol. The molecular weight excluding hydrogens is 345 g/mol. The third kappa shape index (κ3) is 2.79. The first-order valence-corrected chi connectivity index (χ1v) is 8.57. The molecule has 1 N–H and O–H groups in total. The summed E-state index contributed by atoms with van der Waals surface area (Å²) in [6.07, 6.45) is 1.57. The van der Waals surface area contributed by atoms with Gasteiger partial charge in [0.05, 0.1) is 5.56 Å². The van der Waals surface area contributed by atoms with E-state index in [2.05, 4.69) is 5.32 Å². The number of carbonyl (C=O) groups excluding carboxylic acids is 1. The van der Waals surface area contributed by atoms with Crippen molar-refractivity contribution in [3.05, 3.63) is 82.0 Å². The Bertz CT molecular complexity index is 1240. The van der Waals surface area contributed by atoms with Crippen LogP contribution in [0.1, 0.15) is 15.9 Å². The fraction of sp³-hybridized carbons (Fsp3) is 0.143. The Morgan fingerprint density at radius 1 is 1.07 bits per heavy atom. The van der Waals surface area contributed by atoms with Crippen molar-refractivity contribution in [2.75, 3.05) is 0 Å². The van der Waals surface area contributed by atoms with E-state index in [0.717, 1.165) is 16.5 Å². The van der Waals surface area contributed by atoms with Crippen LogP contribution in [-0.4, -0.2) is 15.0 Å². The summed E-state index contributed by atoms with van der Waals surface area (Å²) in [5.74, 6) is -0.600. The molecule has 6 heteroatoms. The molecule has 2 heterocycles. The zero-order valence-corrected chi connectivity index (χ0v) is 15.0. The Hall–Kier alpha value is -3.41. The molecule has 4 aromatic rings. The van der Waals surface area contributed by atoms with Crippen LogP contribution in [0.5, 0.6) is 0 Å². The highest BCUT2D eigenvalue weighted by molar-refractivity contribution is 6.17. The van der Waals surface area contributed by atoms with Gasteiger partial charge in [0.25, 0.3) is 11.5 Å². The van der Waals surface area contributed by atoms with Gasteiger partial charge in [-0.05, 0) is 23.8 Å². The van der Waals surface area contributed by atoms with Gasteiger partial charge in [0.15, 0.2) is 0 Å². The number of aryl methyl sites for hydroxylation is 2. The Morgan fingerprint density at radius 3 is 2.52 bits per heavy atom. The van der Waals surface area contributed by atoms with E-state index in [1.807, 2.05) is 35.9 Å². The average Bonchev–Trinajstić information content (AvgIpc) is 2.97. The van der Waals surface area contributed by atoms with Crippen LogP contribution in [0.25, 0.3) is 21.8 Å². The molecule has 0 unspecified atom stereocenters. The monoisotopic (exact) mass is 363 g/mol. The lowest BCUT2D eigenvalue weighted by Gasteiger charge is -2.09. The number of halogens is 1. The molecule has 0 aliphatic heterocycles. The van der Waals surface area contributed by atoms with Gasteiger partial charge in [-0.25, -0.2) is 4.39 Å². The number of aromatic nitrogens is 2. The number of benzene rings is 2. The molecule has 0 fully saturated rings. The van der Waals surface area contributed by atoms with Gasteiger partial charge in [0.2, 0.25) is 0 Å². The van der Waals surface area contributed by atoms with Gasteiger partial charge in [0, 0.05) is 43.1 Å². The minimum absolute atomic E-state index is 0.154. The lowest BCUT2D eigenvalue weighted by atomic mass is 10.1. The topological polar surface area (TPSA) is 56.0 Å². The molecule has 0 atom stereocenters. The Balaban J connectivity index is 1.82. The number of nitrogens with zero attached hydrogens (tertiary/aromatic N) is 2. The minimum atomic E-state index is -0.319. The molecular formula is C21H18FN3O2. The van der Waals surface area contributed by atoms with E-state index >= 15 is 0 Å². The molecule has 136 valence electrons. The summed E-state index contributed by atoms with van der Waals surface area (Å²) in [6.45, 7) is 0.272. The van der Waals surface area contributed by atoms with Crippen molar-refractivity contribution in [3.8, 4) is 0 Å². The van der Waals surface area contributed by atoms with Crippen LogP contribution in [0.15, 0.2) is 59.5 Å². The standard InChI is InChI=1S/C21H18FN3O2/c1-24-12-16(20(26)23-11-13-7-9-14(22)10-8-13)18-15-5-3-4-6-17(15)25(2)19(18)21(24)27/h3-10,12H,11H2,1-2H3,(H,23,26). The largest absolute Gasteiger partial charge is 0.348 e. The highest BCUT2D eigenvalue weighted by atomic mass is 19.1. The summed E-state index contributed by atoms with van der Waals surface area (Å²) in [7, 11) is 3.46. The third-order valence-electron chi connectivity index (χ3n) is 4.83. The molecule has 27 heavy (non-hydrogen) atoms. The van der Waals surface area contributed by atoms with Gasteiger partial charge in [-0.15, -0.1) is 0 Å². The number of rotatable bonds is 3. The molecule has 0 aliphatic carbocycles. The number of fused-ring (bicyclic) bond motifs is 3. The van der Waals surface area contributed by atoms with Crippen molar-refractivity contribution >= 4 is 27.7 Å². The van der Waals surface area contributed by atoms with E-state index in [1.165, 1.54) is 16.7 Å². The van der Waals surface area contributed by atoms with Gasteiger partial charge in [-0.1, -0.05) is 30.3 Å².